The highest BCUT2D eigenvalue weighted by atomic mass is 32.9. The molecule has 1 heterocycles. The zero-order chi connectivity index (χ0) is 13.9. The molecule has 9 heteroatoms. The summed E-state index contributed by atoms with van der Waals surface area (Å²) in [5.41, 5.74) is -2.02. The highest BCUT2D eigenvalue weighted by Gasteiger charge is 2.16. The molecule has 2 rings (SSSR count). The second-order valence-electron chi connectivity index (χ2n) is 3.60. The van der Waals surface area contributed by atoms with E-state index in [4.69, 9.17) is 16.3 Å². The molecule has 0 bridgehead atoms. The predicted molar refractivity (Wildman–Crippen MR) is 79.8 cm³/mol. The van der Waals surface area contributed by atoms with Gasteiger partial charge in [-0.1, -0.05) is 40.5 Å². The van der Waals surface area contributed by atoms with E-state index < -0.39 is 5.47 Å². The van der Waals surface area contributed by atoms with E-state index in [1.54, 1.807) is 24.3 Å². The van der Waals surface area contributed by atoms with Gasteiger partial charge >= 0.3 is 0 Å². The molecular formula is C10H12N3O3PS2. The summed E-state index contributed by atoms with van der Waals surface area (Å²) in [4.78, 5) is 12.1. The molecular weight excluding hydrogens is 305 g/mol. The standard InChI is InChI=1S/C10H12N3O3PS2/c1-16-17(18,7-14)19-6-13-10(15)8-4-2-3-5-9(8)11-12-13/h2-5,14H,6-7H2,1H3. The summed E-state index contributed by atoms with van der Waals surface area (Å²) < 4.78 is 6.34. The number of aliphatic hydroxyl groups is 1. The first-order valence-corrected chi connectivity index (χ1v) is 9.82. The van der Waals surface area contributed by atoms with Crippen LogP contribution in [0.25, 0.3) is 10.9 Å². The molecule has 1 aromatic heterocycles. The molecule has 6 nitrogen and oxygen atoms in total. The van der Waals surface area contributed by atoms with Gasteiger partial charge in [0.15, 0.2) is 0 Å². The average Bonchev–Trinajstić information content (AvgIpc) is 2.46. The molecule has 1 atom stereocenters. The van der Waals surface area contributed by atoms with Gasteiger partial charge in [-0.15, -0.1) is 5.10 Å². The Balaban J connectivity index is 2.30. The monoisotopic (exact) mass is 317 g/mol. The van der Waals surface area contributed by atoms with Crippen LogP contribution in [0.3, 0.4) is 0 Å². The Labute approximate surface area is 118 Å². The second-order valence-corrected chi connectivity index (χ2v) is 11.0. The van der Waals surface area contributed by atoms with E-state index in [0.29, 0.717) is 10.9 Å². The molecule has 0 radical (unpaired) electrons. The van der Waals surface area contributed by atoms with Gasteiger partial charge in [0.25, 0.3) is 5.56 Å². The van der Waals surface area contributed by atoms with Gasteiger partial charge in [0.1, 0.15) is 17.3 Å². The van der Waals surface area contributed by atoms with Gasteiger partial charge in [0.2, 0.25) is 0 Å². The quantitative estimate of drug-likeness (QED) is 0.835. The third-order valence-corrected chi connectivity index (χ3v) is 8.18. The van der Waals surface area contributed by atoms with Crippen molar-refractivity contribution in [2.75, 3.05) is 13.5 Å². The SMILES string of the molecule is COP(=S)(CO)SCn1nnc2ccccc2c1=O. The molecule has 1 aromatic carbocycles. The zero-order valence-electron chi connectivity index (χ0n) is 10.1. The van der Waals surface area contributed by atoms with E-state index in [0.717, 1.165) is 0 Å². The van der Waals surface area contributed by atoms with E-state index in [-0.39, 0.29) is 17.8 Å². The van der Waals surface area contributed by atoms with Crippen molar-refractivity contribution in [3.05, 3.63) is 34.6 Å². The van der Waals surface area contributed by atoms with Crippen molar-refractivity contribution in [2.24, 2.45) is 0 Å². The number of aromatic nitrogens is 3. The molecule has 0 saturated heterocycles. The molecule has 0 saturated carbocycles. The summed E-state index contributed by atoms with van der Waals surface area (Å²) in [6, 6.07) is 7.00. The number of benzene rings is 1. The Morgan fingerprint density at radius 2 is 2.26 bits per heavy atom. The van der Waals surface area contributed by atoms with Crippen LogP contribution in [-0.2, 0) is 22.2 Å². The van der Waals surface area contributed by atoms with Gasteiger partial charge in [-0.2, -0.15) is 4.68 Å². The third kappa shape index (κ3) is 3.21. The lowest BCUT2D eigenvalue weighted by atomic mass is 10.2. The molecule has 0 amide bonds. The number of nitrogens with zero attached hydrogens (tertiary/aromatic N) is 3. The Bertz CT molecular complexity index is 683. The first kappa shape index (κ1) is 14.6. The Hall–Kier alpha value is -0.790. The van der Waals surface area contributed by atoms with Gasteiger partial charge in [0, 0.05) is 7.11 Å². The van der Waals surface area contributed by atoms with Crippen LogP contribution >= 0.6 is 16.8 Å². The van der Waals surface area contributed by atoms with E-state index in [1.165, 1.54) is 23.2 Å². The largest absolute Gasteiger partial charge is 0.388 e. The van der Waals surface area contributed by atoms with Crippen LogP contribution in [0.4, 0.5) is 0 Å². The number of aliphatic hydroxyl groups excluding tert-OH is 1. The van der Waals surface area contributed by atoms with Crippen molar-refractivity contribution in [3.8, 4) is 0 Å². The summed E-state index contributed by atoms with van der Waals surface area (Å²) >= 11 is 6.39. The van der Waals surface area contributed by atoms with E-state index in [2.05, 4.69) is 10.3 Å². The van der Waals surface area contributed by atoms with Crippen molar-refractivity contribution in [2.45, 2.75) is 5.88 Å². The molecule has 0 spiro atoms. The molecule has 0 aliphatic carbocycles. The van der Waals surface area contributed by atoms with Gasteiger partial charge < -0.3 is 9.63 Å². The third-order valence-electron chi connectivity index (χ3n) is 2.46. The summed E-state index contributed by atoms with van der Waals surface area (Å²) in [7, 11) is 1.46. The first-order chi connectivity index (χ1) is 9.09. The summed E-state index contributed by atoms with van der Waals surface area (Å²) in [5, 5.41) is 17.5. The maximum absolute atomic E-state index is 12.1. The number of fused-ring (bicyclic) bond motifs is 1. The fraction of sp³-hybridized carbons (Fsp3) is 0.300. The topological polar surface area (TPSA) is 77.2 Å². The van der Waals surface area contributed by atoms with Crippen LogP contribution in [0.15, 0.2) is 29.1 Å². The lowest BCUT2D eigenvalue weighted by Gasteiger charge is -2.16. The number of rotatable bonds is 5. The molecule has 2 aromatic rings. The van der Waals surface area contributed by atoms with Crippen molar-refractivity contribution in [1.82, 2.24) is 15.0 Å². The Morgan fingerprint density at radius 3 is 2.95 bits per heavy atom. The average molecular weight is 317 g/mol. The lowest BCUT2D eigenvalue weighted by molar-refractivity contribution is 0.347. The molecule has 1 N–H and O–H groups in total. The number of hydrogen-bond donors (Lipinski definition) is 1. The second kappa shape index (κ2) is 6.11. The van der Waals surface area contributed by atoms with Crippen molar-refractivity contribution >= 4 is 39.6 Å². The smallest absolute Gasteiger partial charge is 0.278 e. The molecule has 0 aliphatic heterocycles. The van der Waals surface area contributed by atoms with E-state index in [1.807, 2.05) is 0 Å². The fourth-order valence-corrected chi connectivity index (χ4v) is 4.00. The van der Waals surface area contributed by atoms with Gasteiger partial charge in [-0.05, 0) is 12.1 Å². The molecule has 0 fully saturated rings. The maximum Gasteiger partial charge on any atom is 0.278 e. The number of hydrogen-bond acceptors (Lipinski definition) is 7. The lowest BCUT2D eigenvalue weighted by Crippen LogP contribution is -2.23. The fourth-order valence-electron chi connectivity index (χ4n) is 1.40. The predicted octanol–water partition coefficient (Wildman–Crippen LogP) is 1.39. The normalized spacial score (nSPS) is 14.4. The van der Waals surface area contributed by atoms with Crippen LogP contribution in [0.2, 0.25) is 0 Å². The van der Waals surface area contributed by atoms with Crippen LogP contribution in [0, 0.1) is 0 Å². The van der Waals surface area contributed by atoms with Crippen LogP contribution < -0.4 is 5.56 Å². The molecule has 19 heavy (non-hydrogen) atoms. The summed E-state index contributed by atoms with van der Waals surface area (Å²) in [6.07, 6.45) is -0.223. The van der Waals surface area contributed by atoms with Crippen LogP contribution in [0.5, 0.6) is 0 Å². The maximum atomic E-state index is 12.1. The highest BCUT2D eigenvalue weighted by molar-refractivity contribution is 8.69. The highest BCUT2D eigenvalue weighted by Crippen LogP contribution is 2.58. The summed E-state index contributed by atoms with van der Waals surface area (Å²) in [5.74, 6) is 0.211. The Kier molecular flexibility index (Phi) is 4.70. The first-order valence-electron chi connectivity index (χ1n) is 5.32. The van der Waals surface area contributed by atoms with Crippen molar-refractivity contribution in [3.63, 3.8) is 0 Å². The van der Waals surface area contributed by atoms with E-state index in [9.17, 15) is 9.90 Å². The van der Waals surface area contributed by atoms with Crippen LogP contribution in [-0.4, -0.2) is 33.6 Å². The molecule has 0 aliphatic rings. The van der Waals surface area contributed by atoms with Crippen LogP contribution in [0.1, 0.15) is 0 Å². The summed E-state index contributed by atoms with van der Waals surface area (Å²) in [6.45, 7) is 0. The molecule has 102 valence electrons. The van der Waals surface area contributed by atoms with Crippen molar-refractivity contribution < 1.29 is 9.63 Å². The van der Waals surface area contributed by atoms with Crippen molar-refractivity contribution in [1.29, 1.82) is 0 Å². The van der Waals surface area contributed by atoms with Gasteiger partial charge in [-0.25, -0.2) is 0 Å². The molecule has 1 unspecified atom stereocenters. The minimum absolute atomic E-state index is 0.211. The van der Waals surface area contributed by atoms with Gasteiger partial charge in [-0.3, -0.25) is 4.79 Å². The minimum Gasteiger partial charge on any atom is -0.388 e. The van der Waals surface area contributed by atoms with Gasteiger partial charge in [0.05, 0.1) is 11.3 Å². The van der Waals surface area contributed by atoms with E-state index >= 15 is 0 Å². The minimum atomic E-state index is -2.35. The zero-order valence-corrected chi connectivity index (χ0v) is 12.6. The Morgan fingerprint density at radius 1 is 1.53 bits per heavy atom.